The van der Waals surface area contributed by atoms with Crippen molar-refractivity contribution >= 4 is 11.6 Å². The number of halogens is 2. The van der Waals surface area contributed by atoms with Gasteiger partial charge in [0.1, 0.15) is 11.4 Å². The topological polar surface area (TPSA) is 46.3 Å². The maximum Gasteiger partial charge on any atom is 0.260 e. The molecule has 1 aliphatic carbocycles. The number of amides is 1. The van der Waals surface area contributed by atoms with Crippen LogP contribution in [0.5, 0.6) is 0 Å². The van der Waals surface area contributed by atoms with E-state index in [1.807, 2.05) is 6.92 Å². The van der Waals surface area contributed by atoms with Gasteiger partial charge < -0.3 is 10.6 Å². The van der Waals surface area contributed by atoms with Crippen molar-refractivity contribution in [3.05, 3.63) is 29.3 Å². The maximum atomic E-state index is 14.0. The lowest BCUT2D eigenvalue weighted by Crippen LogP contribution is -2.42. The number of carbonyl (C=O) groups excluding carboxylic acids is 1. The monoisotopic (exact) mass is 282 g/mol. The minimum absolute atomic E-state index is 0.0708. The average molecular weight is 282 g/mol. The summed E-state index contributed by atoms with van der Waals surface area (Å²) >= 11 is 0. The molecule has 3 nitrogen and oxygen atoms in total. The van der Waals surface area contributed by atoms with Gasteiger partial charge in [-0.25, -0.2) is 8.78 Å². The van der Waals surface area contributed by atoms with E-state index >= 15 is 0 Å². The van der Waals surface area contributed by atoms with Gasteiger partial charge in [0.15, 0.2) is 5.82 Å². The van der Waals surface area contributed by atoms with E-state index in [0.717, 1.165) is 44.2 Å². The molecule has 1 amide bonds. The van der Waals surface area contributed by atoms with Gasteiger partial charge in [-0.05, 0) is 31.9 Å². The van der Waals surface area contributed by atoms with Crippen molar-refractivity contribution in [3.8, 4) is 0 Å². The highest BCUT2D eigenvalue weighted by Gasteiger charge is 2.29. The predicted molar refractivity (Wildman–Crippen MR) is 74.4 cm³/mol. The van der Waals surface area contributed by atoms with Gasteiger partial charge in [-0.2, -0.15) is 0 Å². The molecule has 5 heteroatoms. The molecule has 1 aromatic carbocycles. The van der Waals surface area contributed by atoms with Crippen molar-refractivity contribution in [3.63, 3.8) is 0 Å². The second kappa shape index (κ2) is 6.20. The van der Waals surface area contributed by atoms with E-state index in [0.29, 0.717) is 6.54 Å². The largest absolute Gasteiger partial charge is 0.396 e. The van der Waals surface area contributed by atoms with Gasteiger partial charge in [-0.15, -0.1) is 0 Å². The van der Waals surface area contributed by atoms with Crippen LogP contribution in [0, 0.1) is 11.6 Å². The molecule has 0 atom stereocenters. The zero-order chi connectivity index (χ0) is 14.7. The Balaban J connectivity index is 2.31. The number of rotatable bonds is 3. The van der Waals surface area contributed by atoms with E-state index in [-0.39, 0.29) is 11.7 Å². The highest BCUT2D eigenvalue weighted by Crippen LogP contribution is 2.26. The van der Waals surface area contributed by atoms with Crippen LogP contribution in [0.2, 0.25) is 0 Å². The van der Waals surface area contributed by atoms with Crippen molar-refractivity contribution in [2.24, 2.45) is 0 Å². The van der Waals surface area contributed by atoms with Crippen molar-refractivity contribution in [2.75, 3.05) is 12.3 Å². The lowest BCUT2D eigenvalue weighted by Gasteiger charge is -2.33. The van der Waals surface area contributed by atoms with Crippen LogP contribution in [0.25, 0.3) is 0 Å². The summed E-state index contributed by atoms with van der Waals surface area (Å²) in [5.74, 6) is -2.40. The fourth-order valence-electron chi connectivity index (χ4n) is 2.87. The van der Waals surface area contributed by atoms with Gasteiger partial charge in [0.05, 0.1) is 5.69 Å². The number of hydrogen-bond donors (Lipinski definition) is 1. The molecule has 2 rings (SSSR count). The molecule has 1 aromatic rings. The quantitative estimate of drug-likeness (QED) is 0.864. The van der Waals surface area contributed by atoms with Gasteiger partial charge in [0.2, 0.25) is 0 Å². The molecule has 0 aromatic heterocycles. The Hall–Kier alpha value is -1.65. The molecule has 2 N–H and O–H groups in total. The Bertz CT molecular complexity index is 499. The Morgan fingerprint density at radius 2 is 1.95 bits per heavy atom. The number of nitrogen functional groups attached to an aromatic ring is 1. The summed E-state index contributed by atoms with van der Waals surface area (Å²) in [6.45, 7) is 2.27. The number of nitrogens with two attached hydrogens (primary N) is 1. The summed E-state index contributed by atoms with van der Waals surface area (Å²) in [5, 5.41) is 0. The van der Waals surface area contributed by atoms with E-state index in [2.05, 4.69) is 0 Å². The highest BCUT2D eigenvalue weighted by atomic mass is 19.1. The number of benzene rings is 1. The summed E-state index contributed by atoms with van der Waals surface area (Å²) < 4.78 is 27.8. The molecule has 110 valence electrons. The van der Waals surface area contributed by atoms with Gasteiger partial charge in [0, 0.05) is 12.6 Å². The molecule has 0 radical (unpaired) electrons. The summed E-state index contributed by atoms with van der Waals surface area (Å²) in [6, 6.07) is 2.25. The first-order chi connectivity index (χ1) is 9.56. The van der Waals surface area contributed by atoms with E-state index < -0.39 is 23.1 Å². The molecule has 0 aliphatic heterocycles. The van der Waals surface area contributed by atoms with Crippen molar-refractivity contribution in [2.45, 2.75) is 45.1 Å². The predicted octanol–water partition coefficient (Wildman–Crippen LogP) is 3.34. The molecule has 1 saturated carbocycles. The van der Waals surface area contributed by atoms with Gasteiger partial charge >= 0.3 is 0 Å². The molecule has 0 unspecified atom stereocenters. The number of hydrogen-bond acceptors (Lipinski definition) is 2. The second-order valence-electron chi connectivity index (χ2n) is 5.21. The lowest BCUT2D eigenvalue weighted by atomic mass is 9.93. The van der Waals surface area contributed by atoms with Crippen LogP contribution in [0.15, 0.2) is 12.1 Å². The maximum absolute atomic E-state index is 14.0. The van der Waals surface area contributed by atoms with Crippen LogP contribution >= 0.6 is 0 Å². The normalized spacial score (nSPS) is 16.1. The van der Waals surface area contributed by atoms with Crippen molar-refractivity contribution < 1.29 is 13.6 Å². The van der Waals surface area contributed by atoms with Crippen LogP contribution in [-0.2, 0) is 0 Å². The first-order valence-electron chi connectivity index (χ1n) is 7.10. The van der Waals surface area contributed by atoms with Crippen LogP contribution < -0.4 is 5.73 Å². The Kier molecular flexibility index (Phi) is 4.57. The minimum atomic E-state index is -0.954. The fourth-order valence-corrected chi connectivity index (χ4v) is 2.87. The van der Waals surface area contributed by atoms with Crippen LogP contribution in [0.1, 0.15) is 49.4 Å². The Morgan fingerprint density at radius 1 is 1.30 bits per heavy atom. The first-order valence-corrected chi connectivity index (χ1v) is 7.10. The van der Waals surface area contributed by atoms with E-state index in [9.17, 15) is 13.6 Å². The summed E-state index contributed by atoms with van der Waals surface area (Å²) in [4.78, 5) is 14.0. The summed E-state index contributed by atoms with van der Waals surface area (Å²) in [5.41, 5.74) is 4.71. The van der Waals surface area contributed by atoms with Crippen LogP contribution in [-0.4, -0.2) is 23.4 Å². The third kappa shape index (κ3) is 2.76. The third-order valence-corrected chi connectivity index (χ3v) is 3.95. The molecule has 20 heavy (non-hydrogen) atoms. The van der Waals surface area contributed by atoms with E-state index in [1.165, 1.54) is 0 Å². The molecule has 0 bridgehead atoms. The van der Waals surface area contributed by atoms with E-state index in [1.54, 1.807) is 4.90 Å². The van der Waals surface area contributed by atoms with Gasteiger partial charge in [0.25, 0.3) is 5.91 Å². The molecule has 1 aliphatic rings. The zero-order valence-electron chi connectivity index (χ0n) is 11.7. The number of nitrogens with zero attached hydrogens (tertiary/aromatic N) is 1. The lowest BCUT2D eigenvalue weighted by molar-refractivity contribution is 0.0638. The first kappa shape index (κ1) is 14.8. The Morgan fingerprint density at radius 3 is 2.55 bits per heavy atom. The second-order valence-corrected chi connectivity index (χ2v) is 5.21. The SMILES string of the molecule is CCN(C(=O)c1c(F)ccc(N)c1F)C1CCCCC1. The van der Waals surface area contributed by atoms with Crippen molar-refractivity contribution in [1.82, 2.24) is 4.90 Å². The van der Waals surface area contributed by atoms with Crippen molar-refractivity contribution in [1.29, 1.82) is 0 Å². The molecule has 0 heterocycles. The zero-order valence-corrected chi connectivity index (χ0v) is 11.7. The third-order valence-electron chi connectivity index (χ3n) is 3.95. The molecular weight excluding hydrogens is 262 g/mol. The van der Waals surface area contributed by atoms with E-state index in [4.69, 9.17) is 5.73 Å². The summed E-state index contributed by atoms with van der Waals surface area (Å²) in [6.07, 6.45) is 5.05. The molecular formula is C15H20F2N2O. The standard InChI is InChI=1S/C15H20F2N2O/c1-2-19(10-6-4-3-5-7-10)15(20)13-11(16)8-9-12(18)14(13)17/h8-10H,2-7,18H2,1H3. The molecule has 0 spiro atoms. The van der Waals surface area contributed by atoms with Crippen LogP contribution in [0.3, 0.4) is 0 Å². The number of anilines is 1. The fraction of sp³-hybridized carbons (Fsp3) is 0.533. The highest BCUT2D eigenvalue weighted by molar-refractivity contribution is 5.96. The number of carbonyl (C=O) groups is 1. The average Bonchev–Trinajstić information content (AvgIpc) is 2.45. The molecule has 1 fully saturated rings. The van der Waals surface area contributed by atoms with Crippen LogP contribution in [0.4, 0.5) is 14.5 Å². The van der Waals surface area contributed by atoms with Gasteiger partial charge in [-0.3, -0.25) is 4.79 Å². The van der Waals surface area contributed by atoms with Gasteiger partial charge in [-0.1, -0.05) is 19.3 Å². The summed E-state index contributed by atoms with van der Waals surface area (Å²) in [7, 11) is 0. The molecule has 0 saturated heterocycles. The minimum Gasteiger partial charge on any atom is -0.396 e. The smallest absolute Gasteiger partial charge is 0.260 e. The Labute approximate surface area is 117 Å².